The van der Waals surface area contributed by atoms with Gasteiger partial charge in [-0.1, -0.05) is 12.1 Å². The molecule has 2 aromatic heterocycles. The molecule has 6 aromatic rings. The first-order chi connectivity index (χ1) is 26.8. The molecule has 0 atom stereocenters. The van der Waals surface area contributed by atoms with Gasteiger partial charge in [-0.3, -0.25) is 27.8 Å². The van der Waals surface area contributed by atoms with Crippen molar-refractivity contribution >= 4 is 103 Å². The summed E-state index contributed by atoms with van der Waals surface area (Å²) in [6, 6.07) is 12.4. The quantitative estimate of drug-likeness (QED) is 0.0697. The second kappa shape index (κ2) is 16.1. The number of hydrogen-bond donors (Lipinski definition) is 8. The second-order valence-corrected chi connectivity index (χ2v) is 18.2. The molecular weight excluding hydrogens is 872 g/mol. The summed E-state index contributed by atoms with van der Waals surface area (Å²) < 4.78 is 136. The van der Waals surface area contributed by atoms with Gasteiger partial charge in [-0.25, -0.2) is 4.79 Å². The summed E-state index contributed by atoms with van der Waals surface area (Å²) in [4.78, 5) is 36.1. The first-order valence-corrected chi connectivity index (χ1v) is 21.6. The van der Waals surface area contributed by atoms with Gasteiger partial charge in [0.15, 0.2) is 0 Å². The van der Waals surface area contributed by atoms with Gasteiger partial charge < -0.3 is 30.4 Å². The topological polar surface area (TPSA) is 327 Å². The van der Waals surface area contributed by atoms with Gasteiger partial charge in [-0.05, 0) is 71.4 Å². The number of hydrogen-bond acceptors (Lipinski definition) is 11. The Morgan fingerprint density at radius 3 is 1.15 bits per heavy atom. The van der Waals surface area contributed by atoms with Crippen molar-refractivity contribution in [3.63, 3.8) is 0 Å². The van der Waals surface area contributed by atoms with Crippen molar-refractivity contribution in [1.82, 2.24) is 9.13 Å². The first kappa shape index (κ1) is 44.9. The van der Waals surface area contributed by atoms with Crippen LogP contribution in [-0.2, 0) is 54.6 Å². The average Bonchev–Trinajstić information content (AvgIpc) is 3.65. The van der Waals surface area contributed by atoms with E-state index in [4.69, 9.17) is 0 Å². The van der Waals surface area contributed by atoms with E-state index in [1.54, 1.807) is 0 Å². The summed E-state index contributed by atoms with van der Waals surface area (Å²) >= 11 is 0. The molecule has 304 valence electrons. The van der Waals surface area contributed by atoms with Crippen molar-refractivity contribution in [2.24, 2.45) is 14.1 Å². The van der Waals surface area contributed by atoms with Crippen LogP contribution in [0.25, 0.3) is 21.5 Å². The number of nitrogens with zero attached hydrogens (tertiary/aromatic N) is 2. The number of fused-ring (bicyclic) bond motifs is 2. The van der Waals surface area contributed by atoms with Crippen molar-refractivity contribution in [1.29, 1.82) is 0 Å². The molecule has 6 rings (SSSR count). The van der Waals surface area contributed by atoms with Crippen LogP contribution in [0, 0.1) is 0 Å². The maximum absolute atomic E-state index is 13.2. The number of anilines is 4. The molecule has 0 saturated heterocycles. The number of benzene rings is 4. The van der Waals surface area contributed by atoms with E-state index < -0.39 is 77.9 Å². The number of aromatic nitrogens is 2. The van der Waals surface area contributed by atoms with Gasteiger partial charge in [0.05, 0.1) is 21.2 Å². The maximum atomic E-state index is 13.2. The molecule has 0 fully saturated rings. The second-order valence-electron chi connectivity index (χ2n) is 12.6. The van der Waals surface area contributed by atoms with Gasteiger partial charge in [0.1, 0.15) is 21.2 Å². The fourth-order valence-electron chi connectivity index (χ4n) is 5.88. The van der Waals surface area contributed by atoms with E-state index in [-0.39, 0.29) is 85.2 Å². The number of rotatable bonds is 10. The molecule has 26 heteroatoms. The van der Waals surface area contributed by atoms with Crippen molar-refractivity contribution in [3.05, 3.63) is 96.6 Å². The molecule has 0 bridgehead atoms. The summed E-state index contributed by atoms with van der Waals surface area (Å²) in [5.74, 6) is -1.44. The molecular formula is C33H28N6NaO15S4+. The van der Waals surface area contributed by atoms with Crippen molar-refractivity contribution in [3.8, 4) is 0 Å². The molecule has 59 heavy (non-hydrogen) atoms. The number of carbonyl (C=O) groups is 3. The van der Waals surface area contributed by atoms with E-state index in [1.165, 1.54) is 84.2 Å². The van der Waals surface area contributed by atoms with Crippen LogP contribution < -0.4 is 50.8 Å². The molecule has 4 aromatic carbocycles. The Balaban J connectivity index is 0.00000661. The zero-order valence-electron chi connectivity index (χ0n) is 30.4. The molecule has 21 nitrogen and oxygen atoms in total. The minimum atomic E-state index is -4.99. The van der Waals surface area contributed by atoms with E-state index >= 15 is 0 Å². The fourth-order valence-corrected chi connectivity index (χ4v) is 8.57. The molecule has 0 unspecified atom stereocenters. The van der Waals surface area contributed by atoms with Crippen LogP contribution in [0.2, 0.25) is 0 Å². The molecule has 0 saturated carbocycles. The van der Waals surface area contributed by atoms with Crippen molar-refractivity contribution < 1.29 is 95.8 Å². The Hall–Kier alpha value is -5.19. The van der Waals surface area contributed by atoms with Gasteiger partial charge >= 0.3 is 35.6 Å². The Labute approximate surface area is 356 Å². The molecule has 2 heterocycles. The van der Waals surface area contributed by atoms with E-state index in [9.17, 15) is 66.3 Å². The molecule has 4 amide bonds. The van der Waals surface area contributed by atoms with Gasteiger partial charge in [-0.15, -0.1) is 0 Å². The predicted octanol–water partition coefficient (Wildman–Crippen LogP) is 0.809. The smallest absolute Gasteiger partial charge is 0.344 e. The molecule has 0 aliphatic rings. The maximum Gasteiger partial charge on any atom is 1.00 e. The fraction of sp³-hybridized carbons (Fsp3) is 0.0606. The van der Waals surface area contributed by atoms with Gasteiger partial charge in [-0.2, -0.15) is 33.7 Å². The van der Waals surface area contributed by atoms with Crippen LogP contribution in [0.15, 0.2) is 105 Å². The number of urea groups is 1. The largest absolute Gasteiger partial charge is 1.00 e. The van der Waals surface area contributed by atoms with Crippen molar-refractivity contribution in [2.75, 3.05) is 21.3 Å². The molecule has 0 aliphatic carbocycles. The van der Waals surface area contributed by atoms with Gasteiger partial charge in [0.2, 0.25) is 0 Å². The normalized spacial score (nSPS) is 12.2. The zero-order valence-corrected chi connectivity index (χ0v) is 35.7. The molecule has 0 spiro atoms. The minimum Gasteiger partial charge on any atom is -0.344 e. The monoisotopic (exact) mass is 899 g/mol. The Kier molecular flexibility index (Phi) is 12.3. The van der Waals surface area contributed by atoms with Crippen LogP contribution in [0.5, 0.6) is 0 Å². The third kappa shape index (κ3) is 9.99. The number of amides is 4. The Morgan fingerprint density at radius 1 is 0.475 bits per heavy atom. The summed E-state index contributed by atoms with van der Waals surface area (Å²) in [5, 5.41) is 9.83. The summed E-state index contributed by atoms with van der Waals surface area (Å²) in [7, 11) is -16.7. The van der Waals surface area contributed by atoms with Crippen LogP contribution in [0.4, 0.5) is 27.5 Å². The summed E-state index contributed by atoms with van der Waals surface area (Å²) in [6.45, 7) is 0. The average molecular weight is 900 g/mol. The van der Waals surface area contributed by atoms with Crippen LogP contribution in [-0.4, -0.2) is 78.9 Å². The summed E-state index contributed by atoms with van der Waals surface area (Å²) in [5.41, 5.74) is 0.403. The number of nitrogens with one attached hydrogen (secondary N) is 4. The predicted molar refractivity (Wildman–Crippen MR) is 207 cm³/mol. The van der Waals surface area contributed by atoms with Crippen molar-refractivity contribution in [2.45, 2.75) is 19.6 Å². The van der Waals surface area contributed by atoms with Crippen LogP contribution in [0.1, 0.15) is 21.0 Å². The van der Waals surface area contributed by atoms with Gasteiger partial charge in [0.25, 0.3) is 52.3 Å². The third-order valence-corrected chi connectivity index (χ3v) is 11.9. The Bertz CT molecular complexity index is 3010. The SMILES string of the molecule is Cn1cc(NC(=O)Nc2cc(C(=O)Nc3ccc4cc(S(=O)(=O)O)cc(S(=O)(=O)O)c4c3)n(C)c2)cc1C(=O)Nc1ccc2cc(S(=O)(=O)O)cc(S(=O)(=O)O)c2c1.[Na+]. The van der Waals surface area contributed by atoms with Crippen LogP contribution in [0.3, 0.4) is 0 Å². The summed E-state index contributed by atoms with van der Waals surface area (Å²) in [6.07, 6.45) is 2.79. The molecule has 0 radical (unpaired) electrons. The number of aryl methyl sites for hydroxylation is 2. The van der Waals surface area contributed by atoms with E-state index in [0.29, 0.717) is 12.1 Å². The zero-order chi connectivity index (χ0) is 42.7. The van der Waals surface area contributed by atoms with E-state index in [0.717, 1.165) is 12.1 Å². The Morgan fingerprint density at radius 2 is 0.831 bits per heavy atom. The van der Waals surface area contributed by atoms with Crippen LogP contribution >= 0.6 is 0 Å². The standard InChI is InChI=1S/C33H28N6O15S4.Na/c1-38-15-21(11-27(38)31(40)34-19-5-3-17-7-23(55(43,44)45)13-29(25(17)9-19)57(49,50)51)36-33(42)37-22-12-28(39(2)16-22)32(41)35-20-6-4-18-8-24(56(46,47)48)14-30(26(18)10-20)58(52,53)54;/h3-16H,1-2H3,(H,34,40)(H,35,41)(H2,36,37,42)(H,43,44,45)(H,46,47,48)(H,49,50,51)(H,52,53,54);/q;+1. The number of carbonyl (C=O) groups excluding carboxylic acids is 3. The van der Waals surface area contributed by atoms with E-state index in [2.05, 4.69) is 21.3 Å². The molecule has 8 N–H and O–H groups in total. The minimum absolute atomic E-state index is 0. The molecule has 0 aliphatic heterocycles. The van der Waals surface area contributed by atoms with Gasteiger partial charge in [0, 0.05) is 48.6 Å². The first-order valence-electron chi connectivity index (χ1n) is 15.9. The third-order valence-electron chi connectivity index (χ3n) is 8.44. The van der Waals surface area contributed by atoms with E-state index in [1.807, 2.05) is 0 Å².